The second kappa shape index (κ2) is 9.09. The van der Waals surface area contributed by atoms with E-state index in [1.807, 2.05) is 6.92 Å². The minimum atomic E-state index is -3.33. The van der Waals surface area contributed by atoms with Crippen molar-refractivity contribution >= 4 is 27.2 Å². The number of ether oxygens (including phenoxy) is 1. The molecule has 0 fully saturated rings. The Morgan fingerprint density at radius 1 is 1.29 bits per heavy atom. The van der Waals surface area contributed by atoms with Crippen LogP contribution in [0.1, 0.15) is 30.9 Å². The highest BCUT2D eigenvalue weighted by Gasteiger charge is 2.10. The molecule has 0 heterocycles. The van der Waals surface area contributed by atoms with Gasteiger partial charge in [0.25, 0.3) is 0 Å². The zero-order valence-corrected chi connectivity index (χ0v) is 13.8. The lowest BCUT2D eigenvalue weighted by atomic mass is 10.1. The maximum absolute atomic E-state index is 11.9. The molecule has 1 aromatic rings. The number of nitrogens with two attached hydrogens (primary N) is 1. The molecule has 0 saturated heterocycles. The van der Waals surface area contributed by atoms with Crippen molar-refractivity contribution in [1.82, 2.24) is 4.72 Å². The number of thiocarbonyl (C=S) groups is 1. The Kier molecular flexibility index (Phi) is 7.81. The fraction of sp³-hybridized carbons (Fsp3) is 0.500. The van der Waals surface area contributed by atoms with Crippen LogP contribution in [0, 0.1) is 0 Å². The maximum Gasteiger partial charge on any atom is 0.215 e. The van der Waals surface area contributed by atoms with Gasteiger partial charge in [0.1, 0.15) is 4.99 Å². The lowest BCUT2D eigenvalue weighted by Gasteiger charge is -2.08. The molecule has 118 valence electrons. The molecule has 0 aromatic heterocycles. The summed E-state index contributed by atoms with van der Waals surface area (Å²) in [6, 6.07) is 6.90. The van der Waals surface area contributed by atoms with Crippen LogP contribution >= 0.6 is 12.2 Å². The van der Waals surface area contributed by atoms with Crippen LogP contribution in [0.4, 0.5) is 0 Å². The minimum Gasteiger partial charge on any atom is -0.389 e. The normalized spacial score (nSPS) is 11.5. The van der Waals surface area contributed by atoms with Crippen LogP contribution in [-0.2, 0) is 20.5 Å². The molecule has 0 unspecified atom stereocenters. The first-order valence-corrected chi connectivity index (χ1v) is 8.94. The van der Waals surface area contributed by atoms with E-state index < -0.39 is 10.0 Å². The van der Waals surface area contributed by atoms with Gasteiger partial charge >= 0.3 is 0 Å². The highest BCUT2D eigenvalue weighted by molar-refractivity contribution is 7.88. The molecule has 7 heteroatoms. The largest absolute Gasteiger partial charge is 0.389 e. The zero-order chi connectivity index (χ0) is 15.7. The predicted octanol–water partition coefficient (Wildman–Crippen LogP) is 1.56. The number of hydrogen-bond acceptors (Lipinski definition) is 4. The van der Waals surface area contributed by atoms with Crippen LogP contribution in [0.25, 0.3) is 0 Å². The molecule has 0 bridgehead atoms. The summed E-state index contributed by atoms with van der Waals surface area (Å²) in [5.74, 6) is -0.0551. The third-order valence-corrected chi connectivity index (χ3v) is 4.32. The summed E-state index contributed by atoms with van der Waals surface area (Å²) >= 11 is 4.85. The molecule has 1 rings (SSSR count). The van der Waals surface area contributed by atoms with Crippen molar-refractivity contribution in [3.63, 3.8) is 0 Å². The summed E-state index contributed by atoms with van der Waals surface area (Å²) in [5.41, 5.74) is 6.92. The van der Waals surface area contributed by atoms with Crippen molar-refractivity contribution in [2.24, 2.45) is 5.73 Å². The van der Waals surface area contributed by atoms with Gasteiger partial charge in [0.2, 0.25) is 10.0 Å². The summed E-state index contributed by atoms with van der Waals surface area (Å²) in [4.78, 5) is 0.301. The van der Waals surface area contributed by atoms with Gasteiger partial charge in [-0.25, -0.2) is 13.1 Å². The van der Waals surface area contributed by atoms with E-state index >= 15 is 0 Å². The average molecular weight is 330 g/mol. The van der Waals surface area contributed by atoms with Gasteiger partial charge in [0.15, 0.2) is 0 Å². The molecule has 0 saturated carbocycles. The molecule has 5 nitrogen and oxygen atoms in total. The van der Waals surface area contributed by atoms with Crippen molar-refractivity contribution in [3.05, 3.63) is 35.4 Å². The van der Waals surface area contributed by atoms with E-state index in [0.717, 1.165) is 12.0 Å². The smallest absolute Gasteiger partial charge is 0.215 e. The molecule has 0 radical (unpaired) electrons. The van der Waals surface area contributed by atoms with E-state index in [2.05, 4.69) is 4.72 Å². The Bertz CT molecular complexity index is 542. The van der Waals surface area contributed by atoms with Gasteiger partial charge in [-0.15, -0.1) is 0 Å². The van der Waals surface area contributed by atoms with Gasteiger partial charge < -0.3 is 10.5 Å². The Hall–Kier alpha value is -1.02. The molecule has 0 amide bonds. The molecule has 0 aliphatic heterocycles. The van der Waals surface area contributed by atoms with E-state index in [9.17, 15) is 8.42 Å². The first kappa shape index (κ1) is 18.0. The lowest BCUT2D eigenvalue weighted by molar-refractivity contribution is 0.133. The second-order valence-electron chi connectivity index (χ2n) is 4.68. The van der Waals surface area contributed by atoms with Crippen molar-refractivity contribution < 1.29 is 13.2 Å². The predicted molar refractivity (Wildman–Crippen MR) is 88.7 cm³/mol. The summed E-state index contributed by atoms with van der Waals surface area (Å²) in [7, 11) is -3.33. The Balaban J connectivity index is 2.39. The van der Waals surface area contributed by atoms with Crippen LogP contribution in [0.5, 0.6) is 0 Å². The number of hydrogen-bond donors (Lipinski definition) is 2. The summed E-state index contributed by atoms with van der Waals surface area (Å²) in [5, 5.41) is 0. The number of rotatable bonds is 10. The van der Waals surface area contributed by atoms with Crippen molar-refractivity contribution in [2.75, 3.05) is 19.8 Å². The molecule has 0 spiro atoms. The van der Waals surface area contributed by atoms with Gasteiger partial charge in [-0.1, -0.05) is 43.4 Å². The van der Waals surface area contributed by atoms with Crippen LogP contribution in [0.3, 0.4) is 0 Å². The Labute approximate surface area is 131 Å². The average Bonchev–Trinajstić information content (AvgIpc) is 2.43. The standard InChI is InChI=1S/C14H22N2O3S2/c1-2-9-19-10-3-8-16-21(17,18)11-12-4-6-13(7-5-12)14(15)20/h4-7,16H,2-3,8-11H2,1H3,(H2,15,20). The molecular formula is C14H22N2O3S2. The maximum atomic E-state index is 11.9. The van der Waals surface area contributed by atoms with Gasteiger partial charge in [-0.2, -0.15) is 0 Å². The molecule has 3 N–H and O–H groups in total. The number of benzene rings is 1. The molecule has 1 aromatic carbocycles. The molecule has 0 atom stereocenters. The first-order valence-electron chi connectivity index (χ1n) is 6.88. The second-order valence-corrected chi connectivity index (χ2v) is 6.93. The van der Waals surface area contributed by atoms with E-state index in [-0.39, 0.29) is 5.75 Å². The monoisotopic (exact) mass is 330 g/mol. The molecule has 0 aliphatic rings. The van der Waals surface area contributed by atoms with Crippen molar-refractivity contribution in [1.29, 1.82) is 0 Å². The van der Waals surface area contributed by atoms with Gasteiger partial charge in [-0.3, -0.25) is 0 Å². The van der Waals surface area contributed by atoms with Crippen LogP contribution < -0.4 is 10.5 Å². The Morgan fingerprint density at radius 2 is 1.95 bits per heavy atom. The summed E-state index contributed by atoms with van der Waals surface area (Å²) < 4.78 is 31.7. The highest BCUT2D eigenvalue weighted by atomic mass is 32.2. The van der Waals surface area contributed by atoms with E-state index in [1.54, 1.807) is 24.3 Å². The van der Waals surface area contributed by atoms with Crippen LogP contribution in [0.15, 0.2) is 24.3 Å². The van der Waals surface area contributed by atoms with Crippen molar-refractivity contribution in [2.45, 2.75) is 25.5 Å². The first-order chi connectivity index (χ1) is 9.94. The van der Waals surface area contributed by atoms with Gasteiger partial charge in [0, 0.05) is 25.3 Å². The van der Waals surface area contributed by atoms with E-state index in [4.69, 9.17) is 22.7 Å². The number of sulfonamides is 1. The fourth-order valence-corrected chi connectivity index (χ4v) is 3.01. The van der Waals surface area contributed by atoms with E-state index in [0.29, 0.717) is 36.7 Å². The van der Waals surface area contributed by atoms with Gasteiger partial charge in [-0.05, 0) is 18.4 Å². The Morgan fingerprint density at radius 3 is 2.52 bits per heavy atom. The highest BCUT2D eigenvalue weighted by Crippen LogP contribution is 2.08. The molecule has 21 heavy (non-hydrogen) atoms. The third kappa shape index (κ3) is 7.52. The zero-order valence-electron chi connectivity index (χ0n) is 12.2. The van der Waals surface area contributed by atoms with E-state index in [1.165, 1.54) is 0 Å². The lowest BCUT2D eigenvalue weighted by Crippen LogP contribution is -2.27. The summed E-state index contributed by atoms with van der Waals surface area (Å²) in [6.07, 6.45) is 1.63. The minimum absolute atomic E-state index is 0.0551. The SMILES string of the molecule is CCCOCCCNS(=O)(=O)Cc1ccc(C(N)=S)cc1. The fourth-order valence-electron chi connectivity index (χ4n) is 1.68. The van der Waals surface area contributed by atoms with Gasteiger partial charge in [0.05, 0.1) is 5.75 Å². The van der Waals surface area contributed by atoms with Crippen molar-refractivity contribution in [3.8, 4) is 0 Å². The number of nitrogens with one attached hydrogen (secondary N) is 1. The summed E-state index contributed by atoms with van der Waals surface area (Å²) in [6.45, 7) is 3.70. The van der Waals surface area contributed by atoms with Crippen LogP contribution in [-0.4, -0.2) is 33.2 Å². The van der Waals surface area contributed by atoms with Crippen LogP contribution in [0.2, 0.25) is 0 Å². The third-order valence-electron chi connectivity index (χ3n) is 2.73. The topological polar surface area (TPSA) is 81.4 Å². The molecular weight excluding hydrogens is 308 g/mol. The quantitative estimate of drug-likeness (QED) is 0.502. The molecule has 0 aliphatic carbocycles.